The van der Waals surface area contributed by atoms with Crippen LogP contribution in [0.5, 0.6) is 0 Å². The Morgan fingerprint density at radius 3 is 2.62 bits per heavy atom. The number of hydrogen-bond donors (Lipinski definition) is 2. The van der Waals surface area contributed by atoms with Crippen LogP contribution >= 0.6 is 15.9 Å². The van der Waals surface area contributed by atoms with E-state index in [0.717, 1.165) is 5.56 Å². The molecule has 0 aliphatic heterocycles. The SMILES string of the molecule is Cc1ccc(S(N)(=O)=O)c(NC(=O)CBr)c1. The molecule has 1 amide bonds. The number of amides is 1. The lowest BCUT2D eigenvalue weighted by atomic mass is 10.2. The minimum Gasteiger partial charge on any atom is -0.324 e. The second-order valence-electron chi connectivity index (χ2n) is 3.23. The van der Waals surface area contributed by atoms with Crippen molar-refractivity contribution in [3.8, 4) is 0 Å². The predicted octanol–water partition coefficient (Wildman–Crippen LogP) is 0.976. The quantitative estimate of drug-likeness (QED) is 0.816. The Bertz CT molecular complexity index is 513. The molecule has 1 rings (SSSR count). The van der Waals surface area contributed by atoms with Crippen molar-refractivity contribution in [2.75, 3.05) is 10.6 Å². The van der Waals surface area contributed by atoms with Crippen molar-refractivity contribution in [3.05, 3.63) is 23.8 Å². The highest BCUT2D eigenvalue weighted by Crippen LogP contribution is 2.21. The van der Waals surface area contributed by atoms with Gasteiger partial charge in [0.1, 0.15) is 4.90 Å². The second kappa shape index (κ2) is 4.94. The van der Waals surface area contributed by atoms with Gasteiger partial charge in [-0.2, -0.15) is 0 Å². The molecule has 0 aliphatic rings. The van der Waals surface area contributed by atoms with Crippen LogP contribution in [0.15, 0.2) is 23.1 Å². The number of benzene rings is 1. The number of aryl methyl sites for hydroxylation is 1. The number of anilines is 1. The molecule has 0 saturated heterocycles. The van der Waals surface area contributed by atoms with Crippen molar-refractivity contribution in [1.82, 2.24) is 0 Å². The lowest BCUT2D eigenvalue weighted by molar-refractivity contribution is -0.113. The minimum atomic E-state index is -3.83. The van der Waals surface area contributed by atoms with Gasteiger partial charge in [0.15, 0.2) is 0 Å². The Labute approximate surface area is 102 Å². The van der Waals surface area contributed by atoms with Gasteiger partial charge in [-0.25, -0.2) is 13.6 Å². The van der Waals surface area contributed by atoms with Gasteiger partial charge >= 0.3 is 0 Å². The Balaban J connectivity index is 3.24. The number of nitrogens with two attached hydrogens (primary N) is 1. The van der Waals surface area contributed by atoms with E-state index in [0.29, 0.717) is 0 Å². The van der Waals surface area contributed by atoms with Gasteiger partial charge in [0, 0.05) is 0 Å². The average Bonchev–Trinajstić information content (AvgIpc) is 2.15. The standard InChI is InChI=1S/C9H11BrN2O3S/c1-6-2-3-8(16(11,14)15)7(4-6)12-9(13)5-10/h2-4H,5H2,1H3,(H,12,13)(H2,11,14,15). The molecule has 0 spiro atoms. The number of rotatable bonds is 3. The summed E-state index contributed by atoms with van der Waals surface area (Å²) in [7, 11) is -3.83. The Morgan fingerprint density at radius 1 is 1.50 bits per heavy atom. The summed E-state index contributed by atoms with van der Waals surface area (Å²) in [5, 5.41) is 7.58. The molecule has 0 aliphatic carbocycles. The summed E-state index contributed by atoms with van der Waals surface area (Å²) in [6, 6.07) is 4.54. The van der Waals surface area contributed by atoms with E-state index in [1.165, 1.54) is 6.07 Å². The maximum atomic E-state index is 11.2. The molecule has 0 aromatic heterocycles. The van der Waals surface area contributed by atoms with E-state index in [9.17, 15) is 13.2 Å². The summed E-state index contributed by atoms with van der Waals surface area (Å²) in [6.45, 7) is 1.79. The summed E-state index contributed by atoms with van der Waals surface area (Å²) in [4.78, 5) is 11.1. The topological polar surface area (TPSA) is 89.3 Å². The molecule has 0 heterocycles. The third-order valence-corrected chi connectivity index (χ3v) is 3.32. The highest BCUT2D eigenvalue weighted by molar-refractivity contribution is 9.09. The third kappa shape index (κ3) is 3.29. The Hall–Kier alpha value is -0.920. The van der Waals surface area contributed by atoms with Gasteiger partial charge in [-0.15, -0.1) is 0 Å². The molecule has 1 aromatic carbocycles. The summed E-state index contributed by atoms with van der Waals surface area (Å²) < 4.78 is 22.5. The van der Waals surface area contributed by atoms with Crippen LogP contribution in [0.2, 0.25) is 0 Å². The first-order valence-electron chi connectivity index (χ1n) is 4.34. The first-order valence-corrected chi connectivity index (χ1v) is 7.00. The van der Waals surface area contributed by atoms with Gasteiger partial charge in [-0.1, -0.05) is 22.0 Å². The van der Waals surface area contributed by atoms with Crippen LogP contribution in [-0.2, 0) is 14.8 Å². The van der Waals surface area contributed by atoms with Crippen LogP contribution in [-0.4, -0.2) is 19.7 Å². The van der Waals surface area contributed by atoms with Crippen molar-refractivity contribution in [2.24, 2.45) is 5.14 Å². The molecular weight excluding hydrogens is 296 g/mol. The molecule has 0 radical (unpaired) electrons. The number of primary sulfonamides is 1. The molecule has 16 heavy (non-hydrogen) atoms. The van der Waals surface area contributed by atoms with Gasteiger partial charge < -0.3 is 5.32 Å². The van der Waals surface area contributed by atoms with Crippen molar-refractivity contribution >= 4 is 37.5 Å². The first-order chi connectivity index (χ1) is 7.34. The van der Waals surface area contributed by atoms with E-state index in [2.05, 4.69) is 21.2 Å². The fraction of sp³-hybridized carbons (Fsp3) is 0.222. The van der Waals surface area contributed by atoms with Crippen LogP contribution in [0.25, 0.3) is 0 Å². The van der Waals surface area contributed by atoms with Gasteiger partial charge in [-0.05, 0) is 24.6 Å². The van der Waals surface area contributed by atoms with Gasteiger partial charge in [0.2, 0.25) is 15.9 Å². The van der Waals surface area contributed by atoms with E-state index in [1.54, 1.807) is 19.1 Å². The van der Waals surface area contributed by atoms with E-state index < -0.39 is 10.0 Å². The maximum Gasteiger partial charge on any atom is 0.240 e. The van der Waals surface area contributed by atoms with Gasteiger partial charge in [0.05, 0.1) is 11.0 Å². The summed E-state index contributed by atoms with van der Waals surface area (Å²) in [5.41, 5.74) is 1.03. The molecular formula is C9H11BrN2O3S. The molecule has 0 saturated carbocycles. The van der Waals surface area contributed by atoms with Crippen LogP contribution < -0.4 is 10.5 Å². The van der Waals surface area contributed by atoms with Gasteiger partial charge in [-0.3, -0.25) is 4.79 Å². The third-order valence-electron chi connectivity index (χ3n) is 1.84. The molecule has 7 heteroatoms. The number of alkyl halides is 1. The molecule has 88 valence electrons. The summed E-state index contributed by atoms with van der Waals surface area (Å²) >= 11 is 2.97. The van der Waals surface area contributed by atoms with Crippen LogP contribution in [0.1, 0.15) is 5.56 Å². The number of carbonyl (C=O) groups excluding carboxylic acids is 1. The Morgan fingerprint density at radius 2 is 2.12 bits per heavy atom. The first kappa shape index (κ1) is 13.1. The molecule has 0 unspecified atom stereocenters. The van der Waals surface area contributed by atoms with E-state index in [-0.39, 0.29) is 21.8 Å². The number of sulfonamides is 1. The zero-order valence-corrected chi connectivity index (χ0v) is 10.9. The molecule has 5 nitrogen and oxygen atoms in total. The maximum absolute atomic E-state index is 11.2. The molecule has 3 N–H and O–H groups in total. The lowest BCUT2D eigenvalue weighted by Gasteiger charge is -2.09. The van der Waals surface area contributed by atoms with Gasteiger partial charge in [0.25, 0.3) is 0 Å². The smallest absolute Gasteiger partial charge is 0.240 e. The molecule has 1 aromatic rings. The molecule has 0 bridgehead atoms. The van der Waals surface area contributed by atoms with E-state index in [1.807, 2.05) is 0 Å². The highest BCUT2D eigenvalue weighted by Gasteiger charge is 2.15. The van der Waals surface area contributed by atoms with E-state index >= 15 is 0 Å². The summed E-state index contributed by atoms with van der Waals surface area (Å²) in [5.74, 6) is -0.337. The van der Waals surface area contributed by atoms with Crippen molar-refractivity contribution < 1.29 is 13.2 Å². The normalized spacial score (nSPS) is 11.2. The number of nitrogens with one attached hydrogen (secondary N) is 1. The fourth-order valence-electron chi connectivity index (χ4n) is 1.17. The monoisotopic (exact) mass is 306 g/mol. The van der Waals surface area contributed by atoms with Crippen molar-refractivity contribution in [2.45, 2.75) is 11.8 Å². The highest BCUT2D eigenvalue weighted by atomic mass is 79.9. The molecule has 0 atom stereocenters. The Kier molecular flexibility index (Phi) is 4.06. The number of halogens is 1. The van der Waals surface area contributed by atoms with Crippen LogP contribution in [0, 0.1) is 6.92 Å². The zero-order valence-electron chi connectivity index (χ0n) is 8.53. The van der Waals surface area contributed by atoms with Crippen molar-refractivity contribution in [3.63, 3.8) is 0 Å². The van der Waals surface area contributed by atoms with Crippen molar-refractivity contribution in [1.29, 1.82) is 0 Å². The number of hydrogen-bond acceptors (Lipinski definition) is 3. The van der Waals surface area contributed by atoms with Crippen LogP contribution in [0.3, 0.4) is 0 Å². The molecule has 0 fully saturated rings. The minimum absolute atomic E-state index is 0.0883. The average molecular weight is 307 g/mol. The predicted molar refractivity (Wildman–Crippen MR) is 65.0 cm³/mol. The van der Waals surface area contributed by atoms with E-state index in [4.69, 9.17) is 5.14 Å². The zero-order chi connectivity index (χ0) is 12.3. The lowest BCUT2D eigenvalue weighted by Crippen LogP contribution is -2.19. The fourth-order valence-corrected chi connectivity index (χ4v) is 1.99. The number of carbonyl (C=O) groups is 1. The summed E-state index contributed by atoms with van der Waals surface area (Å²) in [6.07, 6.45) is 0. The largest absolute Gasteiger partial charge is 0.324 e. The van der Waals surface area contributed by atoms with Crippen LogP contribution in [0.4, 0.5) is 5.69 Å². The second-order valence-corrected chi connectivity index (χ2v) is 5.32.